The summed E-state index contributed by atoms with van der Waals surface area (Å²) in [6, 6.07) is 0. The number of carboxylic acid groups (broad SMARTS) is 1. The molecule has 0 saturated heterocycles. The fraction of sp³-hybridized carbons (Fsp3) is 0.833. The molecule has 4 heteroatoms. The highest BCUT2D eigenvalue weighted by atomic mass is 16.5. The second kappa shape index (κ2) is 6.34. The molecule has 7 atom stereocenters. The number of hydrogen-bond donors (Lipinski definition) is 1. The van der Waals surface area contributed by atoms with Crippen molar-refractivity contribution in [3.8, 4) is 0 Å². The fourth-order valence-electron chi connectivity index (χ4n) is 8.03. The highest BCUT2D eigenvalue weighted by Crippen LogP contribution is 2.72. The Morgan fingerprint density at radius 1 is 1.11 bits per heavy atom. The van der Waals surface area contributed by atoms with Crippen molar-refractivity contribution in [2.45, 2.75) is 85.2 Å². The summed E-state index contributed by atoms with van der Waals surface area (Å²) in [5, 5.41) is 10.1. The van der Waals surface area contributed by atoms with Gasteiger partial charge >= 0.3 is 11.9 Å². The largest absolute Gasteiger partial charge is 0.481 e. The molecule has 28 heavy (non-hydrogen) atoms. The van der Waals surface area contributed by atoms with Crippen molar-refractivity contribution in [1.29, 1.82) is 0 Å². The highest BCUT2D eigenvalue weighted by molar-refractivity contribution is 5.75. The van der Waals surface area contributed by atoms with Crippen LogP contribution in [0.25, 0.3) is 0 Å². The third kappa shape index (κ3) is 2.48. The Balaban J connectivity index is 1.73. The number of carboxylic acids is 1. The van der Waals surface area contributed by atoms with E-state index in [2.05, 4.69) is 13.5 Å². The van der Waals surface area contributed by atoms with Crippen molar-refractivity contribution >= 4 is 11.9 Å². The van der Waals surface area contributed by atoms with Crippen LogP contribution in [-0.4, -0.2) is 23.1 Å². The van der Waals surface area contributed by atoms with E-state index in [1.807, 2.05) is 20.8 Å². The van der Waals surface area contributed by atoms with Crippen molar-refractivity contribution in [2.24, 2.45) is 39.9 Å². The van der Waals surface area contributed by atoms with Crippen LogP contribution < -0.4 is 0 Å². The Morgan fingerprint density at radius 3 is 2.46 bits per heavy atom. The monoisotopic (exact) mass is 388 g/mol. The molecule has 2 bridgehead atoms. The lowest BCUT2D eigenvalue weighted by atomic mass is 9.40. The summed E-state index contributed by atoms with van der Waals surface area (Å²) in [6.45, 7) is 12.5. The van der Waals surface area contributed by atoms with Gasteiger partial charge in [-0.3, -0.25) is 9.59 Å². The Kier molecular flexibility index (Phi) is 4.52. The fourth-order valence-corrected chi connectivity index (χ4v) is 8.03. The minimum absolute atomic E-state index is 0.00170. The molecule has 4 aliphatic carbocycles. The normalized spacial score (nSPS) is 47.4. The standard InChI is InChI=1S/C24H36O4/c1-14(2)20(25)28-19-15(3)16-7-8-18-22(4)10-6-11-23(5,21(26)27)17(22)9-12-24(18,19)13-16/h14,16-19H,3,6-13H2,1-2,4-5H3,(H,26,27)/t16-,17+,18+,19-,22-,23-,24-/m1/s1. The third-order valence-corrected chi connectivity index (χ3v) is 9.37. The average Bonchev–Trinajstić information content (AvgIpc) is 2.81. The molecule has 4 rings (SSSR count). The molecule has 0 aliphatic heterocycles. The van der Waals surface area contributed by atoms with Crippen LogP contribution in [0.3, 0.4) is 0 Å². The van der Waals surface area contributed by atoms with Crippen LogP contribution in [0.4, 0.5) is 0 Å². The lowest BCUT2D eigenvalue weighted by Gasteiger charge is -2.63. The maximum absolute atomic E-state index is 12.5. The topological polar surface area (TPSA) is 63.6 Å². The Labute approximate surface area is 169 Å². The molecule has 0 radical (unpaired) electrons. The first-order valence-electron chi connectivity index (χ1n) is 11.2. The van der Waals surface area contributed by atoms with Crippen molar-refractivity contribution in [1.82, 2.24) is 0 Å². The van der Waals surface area contributed by atoms with Gasteiger partial charge in [-0.25, -0.2) is 0 Å². The molecule has 0 heterocycles. The van der Waals surface area contributed by atoms with Gasteiger partial charge < -0.3 is 9.84 Å². The van der Waals surface area contributed by atoms with Gasteiger partial charge in [0.05, 0.1) is 11.3 Å². The predicted octanol–water partition coefficient (Wildman–Crippen LogP) is 5.22. The first kappa shape index (κ1) is 20.0. The summed E-state index contributed by atoms with van der Waals surface area (Å²) in [5.41, 5.74) is 0.453. The molecule has 0 amide bonds. The van der Waals surface area contributed by atoms with Crippen LogP contribution in [0.15, 0.2) is 12.2 Å². The lowest BCUT2D eigenvalue weighted by Crippen LogP contribution is -2.60. The molecule has 4 fully saturated rings. The minimum Gasteiger partial charge on any atom is -0.481 e. The molecule has 1 N–H and O–H groups in total. The van der Waals surface area contributed by atoms with Crippen molar-refractivity contribution in [2.75, 3.05) is 0 Å². The number of ether oxygens (including phenoxy) is 1. The van der Waals surface area contributed by atoms with E-state index in [0.29, 0.717) is 11.8 Å². The van der Waals surface area contributed by atoms with E-state index in [-0.39, 0.29) is 34.7 Å². The van der Waals surface area contributed by atoms with Crippen LogP contribution in [0, 0.1) is 39.9 Å². The zero-order valence-corrected chi connectivity index (χ0v) is 17.9. The van der Waals surface area contributed by atoms with Gasteiger partial charge in [-0.05, 0) is 80.6 Å². The van der Waals surface area contributed by atoms with Gasteiger partial charge in [0.15, 0.2) is 0 Å². The van der Waals surface area contributed by atoms with Crippen molar-refractivity contribution in [3.63, 3.8) is 0 Å². The summed E-state index contributed by atoms with van der Waals surface area (Å²) < 4.78 is 6.13. The van der Waals surface area contributed by atoms with Crippen LogP contribution >= 0.6 is 0 Å². The number of carbonyl (C=O) groups is 2. The maximum Gasteiger partial charge on any atom is 0.309 e. The number of hydrogen-bond acceptors (Lipinski definition) is 3. The maximum atomic E-state index is 12.5. The van der Waals surface area contributed by atoms with Crippen molar-refractivity contribution < 1.29 is 19.4 Å². The minimum atomic E-state index is -0.634. The van der Waals surface area contributed by atoms with E-state index in [4.69, 9.17) is 4.74 Å². The molecule has 4 aliphatic rings. The smallest absolute Gasteiger partial charge is 0.309 e. The molecule has 0 aromatic rings. The van der Waals surface area contributed by atoms with Gasteiger partial charge in [0.1, 0.15) is 6.10 Å². The second-order valence-electron chi connectivity index (χ2n) is 11.0. The average molecular weight is 389 g/mol. The molecule has 0 unspecified atom stereocenters. The first-order chi connectivity index (χ1) is 13.1. The van der Waals surface area contributed by atoms with Crippen LogP contribution in [0.2, 0.25) is 0 Å². The van der Waals surface area contributed by atoms with Crippen LogP contribution in [0.5, 0.6) is 0 Å². The quantitative estimate of drug-likeness (QED) is 0.532. The molecule has 4 nitrogen and oxygen atoms in total. The molecular formula is C24H36O4. The van der Waals surface area contributed by atoms with Gasteiger partial charge in [0, 0.05) is 5.41 Å². The number of rotatable bonds is 3. The zero-order chi connectivity index (χ0) is 20.5. The summed E-state index contributed by atoms with van der Waals surface area (Å²) in [6.07, 6.45) is 7.84. The first-order valence-corrected chi connectivity index (χ1v) is 11.2. The van der Waals surface area contributed by atoms with E-state index in [9.17, 15) is 14.7 Å². The molecule has 0 aromatic carbocycles. The molecular weight excluding hydrogens is 352 g/mol. The summed E-state index contributed by atoms with van der Waals surface area (Å²) in [7, 11) is 0. The van der Waals surface area contributed by atoms with Crippen molar-refractivity contribution in [3.05, 3.63) is 12.2 Å². The number of carbonyl (C=O) groups excluding carboxylic acids is 1. The lowest BCUT2D eigenvalue weighted by molar-refractivity contribution is -0.197. The van der Waals surface area contributed by atoms with Gasteiger partial charge in [0.25, 0.3) is 0 Å². The predicted molar refractivity (Wildman–Crippen MR) is 108 cm³/mol. The number of fused-ring (bicyclic) bond motifs is 3. The number of aliphatic carboxylic acids is 1. The van der Waals surface area contributed by atoms with Crippen LogP contribution in [-0.2, 0) is 14.3 Å². The van der Waals surface area contributed by atoms with Crippen LogP contribution in [0.1, 0.15) is 79.1 Å². The molecule has 156 valence electrons. The third-order valence-electron chi connectivity index (χ3n) is 9.37. The SMILES string of the molecule is C=C1[C@@H]2CC[C@H]3[C@]4(C)CCC[C@@](C)(C(=O)O)[C@H]4CC[C@]3(C2)[C@@H]1OC(=O)C(C)C. The van der Waals surface area contributed by atoms with E-state index < -0.39 is 11.4 Å². The highest BCUT2D eigenvalue weighted by Gasteiger charge is 2.68. The van der Waals surface area contributed by atoms with E-state index in [1.165, 1.54) is 0 Å². The Morgan fingerprint density at radius 2 is 1.82 bits per heavy atom. The van der Waals surface area contributed by atoms with E-state index in [0.717, 1.165) is 56.9 Å². The zero-order valence-electron chi connectivity index (χ0n) is 17.9. The molecule has 0 aromatic heterocycles. The summed E-state index contributed by atoms with van der Waals surface area (Å²) >= 11 is 0. The van der Waals surface area contributed by atoms with Gasteiger partial charge in [-0.2, -0.15) is 0 Å². The van der Waals surface area contributed by atoms with Gasteiger partial charge in [0.2, 0.25) is 0 Å². The molecule has 4 saturated carbocycles. The van der Waals surface area contributed by atoms with E-state index in [1.54, 1.807) is 0 Å². The Hall–Kier alpha value is -1.32. The van der Waals surface area contributed by atoms with Gasteiger partial charge in [-0.1, -0.05) is 33.8 Å². The van der Waals surface area contributed by atoms with Gasteiger partial charge in [-0.15, -0.1) is 0 Å². The molecule has 1 spiro atoms. The summed E-state index contributed by atoms with van der Waals surface area (Å²) in [4.78, 5) is 24.8. The second-order valence-corrected chi connectivity index (χ2v) is 11.0. The van der Waals surface area contributed by atoms with E-state index >= 15 is 0 Å². The Bertz CT molecular complexity index is 711. The number of esters is 1. The summed E-state index contributed by atoms with van der Waals surface area (Å²) in [5.74, 6) is 0.174.